The highest BCUT2D eigenvalue weighted by atomic mass is 32.2. The molecule has 0 aliphatic carbocycles. The molecule has 1 atom stereocenters. The van der Waals surface area contributed by atoms with Crippen molar-refractivity contribution in [3.8, 4) is 0 Å². The summed E-state index contributed by atoms with van der Waals surface area (Å²) in [5.41, 5.74) is 3.80. The molecule has 1 aromatic rings. The van der Waals surface area contributed by atoms with Crippen LogP contribution in [0.2, 0.25) is 0 Å². The minimum absolute atomic E-state index is 0.245. The van der Waals surface area contributed by atoms with Gasteiger partial charge in [0.1, 0.15) is 0 Å². The number of hydrogen-bond donors (Lipinski definition) is 1. The van der Waals surface area contributed by atoms with Gasteiger partial charge >= 0.3 is 0 Å². The van der Waals surface area contributed by atoms with Gasteiger partial charge in [-0.05, 0) is 35.8 Å². The van der Waals surface area contributed by atoms with Gasteiger partial charge < -0.3 is 5.11 Å². The average molecular weight is 194 g/mol. The number of aliphatic hydroxyl groups excluding tert-OH is 1. The summed E-state index contributed by atoms with van der Waals surface area (Å²) in [6.45, 7) is 2.12. The second kappa shape index (κ2) is 3.72. The van der Waals surface area contributed by atoms with E-state index in [9.17, 15) is 5.11 Å². The van der Waals surface area contributed by atoms with Crippen LogP contribution in [-0.2, 0) is 5.75 Å². The predicted molar refractivity (Wildman–Crippen MR) is 56.9 cm³/mol. The third-order valence-electron chi connectivity index (χ3n) is 2.59. The first-order chi connectivity index (χ1) is 6.29. The van der Waals surface area contributed by atoms with Gasteiger partial charge in [-0.25, -0.2) is 0 Å². The zero-order valence-electron chi connectivity index (χ0n) is 7.79. The van der Waals surface area contributed by atoms with Crippen LogP contribution in [0.4, 0.5) is 0 Å². The Morgan fingerprint density at radius 1 is 1.46 bits per heavy atom. The number of benzene rings is 1. The molecule has 70 valence electrons. The number of aryl methyl sites for hydroxylation is 1. The average Bonchev–Trinajstić information content (AvgIpc) is 2.30. The summed E-state index contributed by atoms with van der Waals surface area (Å²) in [6.07, 6.45) is 0.645. The third-order valence-corrected chi connectivity index (χ3v) is 3.60. The molecule has 0 radical (unpaired) electrons. The first-order valence-electron chi connectivity index (χ1n) is 4.63. The van der Waals surface area contributed by atoms with E-state index in [-0.39, 0.29) is 6.10 Å². The molecule has 1 N–H and O–H groups in total. The number of rotatable bonds is 0. The second-order valence-corrected chi connectivity index (χ2v) is 4.60. The monoisotopic (exact) mass is 194 g/mol. The molecule has 0 spiro atoms. The van der Waals surface area contributed by atoms with Crippen LogP contribution in [0.1, 0.15) is 29.2 Å². The second-order valence-electron chi connectivity index (χ2n) is 3.50. The number of aliphatic hydroxyl groups is 1. The van der Waals surface area contributed by atoms with Crippen molar-refractivity contribution in [2.24, 2.45) is 0 Å². The molecule has 0 bridgehead atoms. The van der Waals surface area contributed by atoms with Gasteiger partial charge in [0.05, 0.1) is 6.10 Å². The Bertz CT molecular complexity index is 309. The van der Waals surface area contributed by atoms with Gasteiger partial charge in [-0.15, -0.1) is 0 Å². The van der Waals surface area contributed by atoms with Crippen molar-refractivity contribution in [3.05, 3.63) is 34.9 Å². The van der Waals surface area contributed by atoms with E-state index in [4.69, 9.17) is 0 Å². The van der Waals surface area contributed by atoms with Gasteiger partial charge in [0.25, 0.3) is 0 Å². The number of fused-ring (bicyclic) bond motifs is 1. The summed E-state index contributed by atoms with van der Waals surface area (Å²) in [7, 11) is 0. The molecule has 13 heavy (non-hydrogen) atoms. The lowest BCUT2D eigenvalue weighted by molar-refractivity contribution is 0.175. The molecule has 1 aromatic carbocycles. The van der Waals surface area contributed by atoms with E-state index in [0.717, 1.165) is 23.5 Å². The summed E-state index contributed by atoms with van der Waals surface area (Å²) in [5, 5.41) is 9.85. The molecule has 0 saturated heterocycles. The van der Waals surface area contributed by atoms with Crippen molar-refractivity contribution < 1.29 is 5.11 Å². The molecule has 1 aliphatic heterocycles. The molecule has 0 aromatic heterocycles. The van der Waals surface area contributed by atoms with Crippen LogP contribution in [-0.4, -0.2) is 10.9 Å². The lowest BCUT2D eigenvalue weighted by atomic mass is 9.98. The van der Waals surface area contributed by atoms with Crippen LogP contribution in [0.5, 0.6) is 0 Å². The molecule has 2 heteroatoms. The molecular weight excluding hydrogens is 180 g/mol. The molecule has 1 aliphatic rings. The zero-order chi connectivity index (χ0) is 9.26. The summed E-state index contributed by atoms with van der Waals surface area (Å²) in [4.78, 5) is 0. The number of thioether (sulfide) groups is 1. The smallest absolute Gasteiger partial charge is 0.0801 e. The molecule has 2 rings (SSSR count). The fraction of sp³-hybridized carbons (Fsp3) is 0.455. The standard InChI is InChI=1S/C11H14OS/c1-8-3-2-4-9-10(8)7-13-6-5-11(9)12/h2-4,11-12H,5-7H2,1H3/t11-/m1/s1. The maximum atomic E-state index is 9.85. The summed E-state index contributed by atoms with van der Waals surface area (Å²) < 4.78 is 0. The lowest BCUT2D eigenvalue weighted by Crippen LogP contribution is -2.00. The fourth-order valence-corrected chi connectivity index (χ4v) is 2.89. The van der Waals surface area contributed by atoms with Crippen LogP contribution in [0.15, 0.2) is 18.2 Å². The van der Waals surface area contributed by atoms with Crippen LogP contribution >= 0.6 is 11.8 Å². The van der Waals surface area contributed by atoms with Gasteiger partial charge in [-0.2, -0.15) is 11.8 Å². The van der Waals surface area contributed by atoms with E-state index in [1.54, 1.807) is 0 Å². The summed E-state index contributed by atoms with van der Waals surface area (Å²) in [5.74, 6) is 2.12. The highest BCUT2D eigenvalue weighted by molar-refractivity contribution is 7.98. The Balaban J connectivity index is 2.47. The highest BCUT2D eigenvalue weighted by Crippen LogP contribution is 2.31. The van der Waals surface area contributed by atoms with Crippen LogP contribution in [0.25, 0.3) is 0 Å². The maximum Gasteiger partial charge on any atom is 0.0801 e. The first kappa shape index (κ1) is 9.10. The fourth-order valence-electron chi connectivity index (χ4n) is 1.76. The molecule has 1 nitrogen and oxygen atoms in total. The normalized spacial score (nSPS) is 22.2. The third kappa shape index (κ3) is 1.74. The number of hydrogen-bond acceptors (Lipinski definition) is 2. The van der Waals surface area contributed by atoms with Crippen molar-refractivity contribution in [3.63, 3.8) is 0 Å². The SMILES string of the molecule is Cc1cccc2c1CSCC[C@H]2O. The van der Waals surface area contributed by atoms with Gasteiger partial charge in [-0.3, -0.25) is 0 Å². The quantitative estimate of drug-likeness (QED) is 0.685. The first-order valence-corrected chi connectivity index (χ1v) is 5.78. The van der Waals surface area contributed by atoms with Gasteiger partial charge in [-0.1, -0.05) is 18.2 Å². The van der Waals surface area contributed by atoms with Gasteiger partial charge in [0, 0.05) is 5.75 Å². The highest BCUT2D eigenvalue weighted by Gasteiger charge is 2.16. The van der Waals surface area contributed by atoms with Crippen LogP contribution < -0.4 is 0 Å². The molecule has 0 fully saturated rings. The van der Waals surface area contributed by atoms with E-state index in [1.807, 2.05) is 17.8 Å². The van der Waals surface area contributed by atoms with Crippen molar-refractivity contribution in [2.45, 2.75) is 25.2 Å². The Morgan fingerprint density at radius 3 is 3.15 bits per heavy atom. The molecule has 0 amide bonds. The van der Waals surface area contributed by atoms with E-state index in [0.29, 0.717) is 0 Å². The minimum Gasteiger partial charge on any atom is -0.388 e. The molecule has 0 saturated carbocycles. The van der Waals surface area contributed by atoms with Crippen molar-refractivity contribution >= 4 is 11.8 Å². The van der Waals surface area contributed by atoms with Crippen LogP contribution in [0, 0.1) is 6.92 Å². The van der Waals surface area contributed by atoms with Gasteiger partial charge in [0.2, 0.25) is 0 Å². The maximum absolute atomic E-state index is 9.85. The predicted octanol–water partition coefficient (Wildman–Crippen LogP) is 2.67. The van der Waals surface area contributed by atoms with Crippen molar-refractivity contribution in [2.75, 3.05) is 5.75 Å². The Kier molecular flexibility index (Phi) is 2.61. The summed E-state index contributed by atoms with van der Waals surface area (Å²) >= 11 is 1.92. The minimum atomic E-state index is -0.245. The lowest BCUT2D eigenvalue weighted by Gasteiger charge is -2.12. The van der Waals surface area contributed by atoms with Crippen LogP contribution in [0.3, 0.4) is 0 Å². The molecule has 1 heterocycles. The van der Waals surface area contributed by atoms with Crippen molar-refractivity contribution in [1.29, 1.82) is 0 Å². The molecular formula is C11H14OS. The van der Waals surface area contributed by atoms with Crippen molar-refractivity contribution in [1.82, 2.24) is 0 Å². The Hall–Kier alpha value is -0.470. The topological polar surface area (TPSA) is 20.2 Å². The van der Waals surface area contributed by atoms with E-state index in [1.165, 1.54) is 11.1 Å². The van der Waals surface area contributed by atoms with Gasteiger partial charge in [0.15, 0.2) is 0 Å². The van der Waals surface area contributed by atoms with E-state index >= 15 is 0 Å². The van der Waals surface area contributed by atoms with E-state index in [2.05, 4.69) is 19.1 Å². The van der Waals surface area contributed by atoms with E-state index < -0.39 is 0 Å². The Morgan fingerprint density at radius 2 is 2.31 bits per heavy atom. The Labute approximate surface area is 83.2 Å². The zero-order valence-corrected chi connectivity index (χ0v) is 8.60. The largest absolute Gasteiger partial charge is 0.388 e. The summed E-state index contributed by atoms with van der Waals surface area (Å²) in [6, 6.07) is 6.21. The molecule has 0 unspecified atom stereocenters.